The van der Waals surface area contributed by atoms with Gasteiger partial charge in [0, 0.05) is 38.7 Å². The molecule has 1 aromatic rings. The lowest BCUT2D eigenvalue weighted by Crippen LogP contribution is -2.32. The van der Waals surface area contributed by atoms with Gasteiger partial charge >= 0.3 is 0 Å². The minimum Gasteiger partial charge on any atom is -0.352 e. The zero-order valence-corrected chi connectivity index (χ0v) is 15.2. The first-order valence-corrected chi connectivity index (χ1v) is 9.49. The first-order chi connectivity index (χ1) is 11.9. The van der Waals surface area contributed by atoms with Crippen LogP contribution in [0.25, 0.3) is 0 Å². The van der Waals surface area contributed by atoms with Crippen molar-refractivity contribution < 1.29 is 22.8 Å². The van der Waals surface area contributed by atoms with Gasteiger partial charge in [-0.3, -0.25) is 14.4 Å². The fraction of sp³-hybridized carbons (Fsp3) is 0.500. The number of hydroxylamine groups is 1. The van der Waals surface area contributed by atoms with Crippen molar-refractivity contribution >= 4 is 21.8 Å². The first-order valence-electron chi connectivity index (χ1n) is 8.05. The molecule has 0 aromatic heterocycles. The number of benzene rings is 1. The molecule has 0 saturated carbocycles. The van der Waals surface area contributed by atoms with Crippen molar-refractivity contribution in [3.8, 4) is 0 Å². The topological polar surface area (TPSA) is 96.0 Å². The van der Waals surface area contributed by atoms with E-state index in [1.807, 2.05) is 0 Å². The van der Waals surface area contributed by atoms with Crippen LogP contribution < -0.4 is 5.32 Å². The summed E-state index contributed by atoms with van der Waals surface area (Å²) < 4.78 is 24.9. The van der Waals surface area contributed by atoms with Crippen LogP contribution in [0.4, 0.5) is 0 Å². The lowest BCUT2D eigenvalue weighted by molar-refractivity contribution is -0.129. The Morgan fingerprint density at radius 3 is 2.36 bits per heavy atom. The van der Waals surface area contributed by atoms with Crippen LogP contribution in [0, 0.1) is 0 Å². The van der Waals surface area contributed by atoms with Crippen LogP contribution in [0.15, 0.2) is 29.2 Å². The molecule has 1 fully saturated rings. The highest BCUT2D eigenvalue weighted by molar-refractivity contribution is 7.89. The molecule has 0 atom stereocenters. The van der Waals surface area contributed by atoms with Gasteiger partial charge < -0.3 is 10.2 Å². The van der Waals surface area contributed by atoms with Crippen molar-refractivity contribution in [3.05, 3.63) is 29.8 Å². The minimum absolute atomic E-state index is 0.0256. The molecule has 1 aromatic carbocycles. The Kier molecular flexibility index (Phi) is 6.51. The van der Waals surface area contributed by atoms with Gasteiger partial charge in [0.25, 0.3) is 15.9 Å². The van der Waals surface area contributed by atoms with E-state index in [0.29, 0.717) is 5.56 Å². The predicted octanol–water partition coefficient (Wildman–Crippen LogP) is 0.611. The van der Waals surface area contributed by atoms with Crippen LogP contribution >= 0.6 is 0 Å². The molecule has 2 rings (SSSR count). The third-order valence-electron chi connectivity index (χ3n) is 4.09. The minimum atomic E-state index is -3.74. The molecule has 138 valence electrons. The van der Waals surface area contributed by atoms with Crippen LogP contribution in [0.1, 0.15) is 29.6 Å². The molecular weight excluding hydrogens is 346 g/mol. The Labute approximate surface area is 147 Å². The van der Waals surface area contributed by atoms with Gasteiger partial charge in [-0.25, -0.2) is 8.42 Å². The molecule has 2 amide bonds. The van der Waals surface area contributed by atoms with E-state index in [4.69, 9.17) is 4.84 Å². The summed E-state index contributed by atoms with van der Waals surface area (Å²) in [4.78, 5) is 30.5. The van der Waals surface area contributed by atoms with E-state index in [1.165, 1.54) is 38.4 Å². The standard InChI is InChI=1S/C16H23N3O5S/c1-18(24-2)25(22,23)14-7-5-13(6-8-14)16(21)17-10-9-15(20)19-11-3-4-12-19/h5-8H,3-4,9-12H2,1-2H3,(H,17,21). The third kappa shape index (κ3) is 4.77. The van der Waals surface area contributed by atoms with E-state index in [0.717, 1.165) is 30.4 Å². The Morgan fingerprint density at radius 1 is 1.20 bits per heavy atom. The Hall–Kier alpha value is -1.97. The average Bonchev–Trinajstić information content (AvgIpc) is 3.15. The summed E-state index contributed by atoms with van der Waals surface area (Å²) in [5.74, 6) is -0.305. The monoisotopic (exact) mass is 369 g/mol. The number of rotatable bonds is 7. The molecule has 9 heteroatoms. The van der Waals surface area contributed by atoms with Gasteiger partial charge in [0.2, 0.25) is 5.91 Å². The van der Waals surface area contributed by atoms with Crippen molar-refractivity contribution in [3.63, 3.8) is 0 Å². The predicted molar refractivity (Wildman–Crippen MR) is 91.2 cm³/mol. The SMILES string of the molecule is CON(C)S(=O)(=O)c1ccc(C(=O)NCCC(=O)N2CCCC2)cc1. The lowest BCUT2D eigenvalue weighted by Gasteiger charge is -2.15. The van der Waals surface area contributed by atoms with Crippen molar-refractivity contribution in [2.24, 2.45) is 0 Å². The number of sulfonamides is 1. The van der Waals surface area contributed by atoms with Crippen molar-refractivity contribution in [2.45, 2.75) is 24.2 Å². The molecule has 0 spiro atoms. The highest BCUT2D eigenvalue weighted by Crippen LogP contribution is 2.15. The number of likely N-dealkylation sites (tertiary alicyclic amines) is 1. The van der Waals surface area contributed by atoms with Gasteiger partial charge in [-0.05, 0) is 37.1 Å². The molecule has 1 saturated heterocycles. The normalized spacial score (nSPS) is 14.8. The molecular formula is C16H23N3O5S. The van der Waals surface area contributed by atoms with Crippen LogP contribution in [-0.2, 0) is 19.7 Å². The molecule has 8 nitrogen and oxygen atoms in total. The van der Waals surface area contributed by atoms with Gasteiger partial charge in [0.15, 0.2) is 0 Å². The van der Waals surface area contributed by atoms with E-state index in [2.05, 4.69) is 5.32 Å². The Balaban J connectivity index is 1.89. The second-order valence-corrected chi connectivity index (χ2v) is 7.65. The zero-order valence-electron chi connectivity index (χ0n) is 14.4. The number of hydrogen-bond acceptors (Lipinski definition) is 5. The zero-order chi connectivity index (χ0) is 18.4. The van der Waals surface area contributed by atoms with E-state index in [-0.39, 0.29) is 29.7 Å². The van der Waals surface area contributed by atoms with E-state index in [9.17, 15) is 18.0 Å². The molecule has 0 aliphatic carbocycles. The van der Waals surface area contributed by atoms with Gasteiger partial charge in [-0.15, -0.1) is 0 Å². The smallest absolute Gasteiger partial charge is 0.264 e. The average molecular weight is 369 g/mol. The fourth-order valence-corrected chi connectivity index (χ4v) is 3.51. The molecule has 0 unspecified atom stereocenters. The van der Waals surface area contributed by atoms with Crippen molar-refractivity contribution in [1.29, 1.82) is 0 Å². The number of amides is 2. The van der Waals surface area contributed by atoms with Gasteiger partial charge in [-0.1, -0.05) is 4.47 Å². The van der Waals surface area contributed by atoms with Crippen LogP contribution in [0.5, 0.6) is 0 Å². The second kappa shape index (κ2) is 8.41. The molecule has 25 heavy (non-hydrogen) atoms. The maximum Gasteiger partial charge on any atom is 0.264 e. The maximum absolute atomic E-state index is 12.1. The molecule has 1 heterocycles. The number of carbonyl (C=O) groups is 2. The Bertz CT molecular complexity index is 712. The van der Waals surface area contributed by atoms with Gasteiger partial charge in [0.1, 0.15) is 0 Å². The van der Waals surface area contributed by atoms with E-state index < -0.39 is 10.0 Å². The van der Waals surface area contributed by atoms with Crippen molar-refractivity contribution in [2.75, 3.05) is 33.8 Å². The number of nitrogens with one attached hydrogen (secondary N) is 1. The fourth-order valence-electron chi connectivity index (χ4n) is 2.53. The summed E-state index contributed by atoms with van der Waals surface area (Å²) in [5, 5.41) is 2.67. The highest BCUT2D eigenvalue weighted by atomic mass is 32.2. The molecule has 1 aliphatic heterocycles. The number of hydrogen-bond donors (Lipinski definition) is 1. The number of carbonyl (C=O) groups excluding carboxylic acids is 2. The van der Waals surface area contributed by atoms with Crippen LogP contribution in [-0.4, -0.2) is 63.4 Å². The molecule has 0 radical (unpaired) electrons. The van der Waals surface area contributed by atoms with Gasteiger partial charge in [-0.2, -0.15) is 0 Å². The first kappa shape index (κ1) is 19.4. The molecule has 1 aliphatic rings. The summed E-state index contributed by atoms with van der Waals surface area (Å²) in [6, 6.07) is 5.53. The van der Waals surface area contributed by atoms with Gasteiger partial charge in [0.05, 0.1) is 12.0 Å². The molecule has 1 N–H and O–H groups in total. The summed E-state index contributed by atoms with van der Waals surface area (Å²) in [6.45, 7) is 1.83. The van der Waals surface area contributed by atoms with Crippen LogP contribution in [0.3, 0.4) is 0 Å². The summed E-state index contributed by atoms with van der Waals surface area (Å²) >= 11 is 0. The summed E-state index contributed by atoms with van der Waals surface area (Å²) in [5.41, 5.74) is 0.327. The second-order valence-electron chi connectivity index (χ2n) is 5.72. The van der Waals surface area contributed by atoms with E-state index >= 15 is 0 Å². The van der Waals surface area contributed by atoms with Crippen LogP contribution in [0.2, 0.25) is 0 Å². The lowest BCUT2D eigenvalue weighted by atomic mass is 10.2. The number of nitrogens with zero attached hydrogens (tertiary/aromatic N) is 2. The third-order valence-corrected chi connectivity index (χ3v) is 5.79. The molecule has 0 bridgehead atoms. The summed E-state index contributed by atoms with van der Waals surface area (Å²) in [6.07, 6.45) is 2.33. The summed E-state index contributed by atoms with van der Waals surface area (Å²) in [7, 11) is -1.20. The quantitative estimate of drug-likeness (QED) is 0.711. The largest absolute Gasteiger partial charge is 0.352 e. The van der Waals surface area contributed by atoms with E-state index in [1.54, 1.807) is 4.90 Å². The maximum atomic E-state index is 12.1. The highest BCUT2D eigenvalue weighted by Gasteiger charge is 2.21. The Morgan fingerprint density at radius 2 is 1.80 bits per heavy atom. The van der Waals surface area contributed by atoms with Crippen molar-refractivity contribution in [1.82, 2.24) is 14.7 Å².